The van der Waals surface area contributed by atoms with Gasteiger partial charge in [-0.25, -0.2) is 9.97 Å². The highest BCUT2D eigenvalue weighted by Crippen LogP contribution is 2.24. The lowest BCUT2D eigenvalue weighted by atomic mass is 10.3. The number of rotatable bonds is 2. The summed E-state index contributed by atoms with van der Waals surface area (Å²) in [5.74, 6) is 2.65. The van der Waals surface area contributed by atoms with Crippen molar-refractivity contribution in [1.29, 1.82) is 0 Å². The third kappa shape index (κ3) is 2.46. The van der Waals surface area contributed by atoms with Gasteiger partial charge >= 0.3 is 0 Å². The van der Waals surface area contributed by atoms with Gasteiger partial charge in [0.15, 0.2) is 0 Å². The van der Waals surface area contributed by atoms with Crippen molar-refractivity contribution in [3.63, 3.8) is 0 Å². The number of nitrogens with two attached hydrogens (primary N) is 1. The Morgan fingerprint density at radius 2 is 2.39 bits per heavy atom. The van der Waals surface area contributed by atoms with Gasteiger partial charge in [0.1, 0.15) is 16.5 Å². The standard InChI is InChI=1S/C12H16N4S2/c1-8-6-16(3-5-17-8)7-10-14-11(13)9-2-4-18-12(9)15-10/h2,4,8H,3,5-7H2,1H3,(H2,13,14,15). The Kier molecular flexibility index (Phi) is 3.41. The van der Waals surface area contributed by atoms with Gasteiger partial charge in [0, 0.05) is 24.1 Å². The van der Waals surface area contributed by atoms with E-state index in [-0.39, 0.29) is 0 Å². The average Bonchev–Trinajstić information content (AvgIpc) is 2.77. The first-order valence-electron chi connectivity index (χ1n) is 6.06. The fraction of sp³-hybridized carbons (Fsp3) is 0.500. The summed E-state index contributed by atoms with van der Waals surface area (Å²) < 4.78 is 0. The van der Waals surface area contributed by atoms with Crippen molar-refractivity contribution in [2.45, 2.75) is 18.7 Å². The Morgan fingerprint density at radius 3 is 3.22 bits per heavy atom. The molecule has 2 N–H and O–H groups in total. The minimum absolute atomic E-state index is 0.607. The van der Waals surface area contributed by atoms with Crippen LogP contribution in [0, 0.1) is 0 Å². The molecule has 2 aromatic heterocycles. The van der Waals surface area contributed by atoms with Crippen molar-refractivity contribution in [2.24, 2.45) is 0 Å². The minimum atomic E-state index is 0.607. The van der Waals surface area contributed by atoms with Crippen molar-refractivity contribution in [3.8, 4) is 0 Å². The van der Waals surface area contributed by atoms with Crippen LogP contribution in [0.4, 0.5) is 5.82 Å². The fourth-order valence-corrected chi connectivity index (χ4v) is 4.10. The van der Waals surface area contributed by atoms with Crippen molar-refractivity contribution in [2.75, 3.05) is 24.6 Å². The van der Waals surface area contributed by atoms with Crippen molar-refractivity contribution < 1.29 is 0 Å². The van der Waals surface area contributed by atoms with Gasteiger partial charge in [-0.05, 0) is 11.4 Å². The highest BCUT2D eigenvalue weighted by molar-refractivity contribution is 7.99. The summed E-state index contributed by atoms with van der Waals surface area (Å²) in [5, 5.41) is 3.69. The van der Waals surface area contributed by atoms with E-state index in [1.54, 1.807) is 11.3 Å². The maximum Gasteiger partial charge on any atom is 0.146 e. The third-order valence-corrected chi connectivity index (χ3v) is 5.03. The summed E-state index contributed by atoms with van der Waals surface area (Å²) in [6.45, 7) is 5.30. The summed E-state index contributed by atoms with van der Waals surface area (Å²) in [6.07, 6.45) is 0. The number of fused-ring (bicyclic) bond motifs is 1. The number of hydrogen-bond acceptors (Lipinski definition) is 6. The first-order chi connectivity index (χ1) is 8.72. The number of nitrogens with zero attached hydrogens (tertiary/aromatic N) is 3. The van der Waals surface area contributed by atoms with Gasteiger partial charge in [-0.1, -0.05) is 6.92 Å². The van der Waals surface area contributed by atoms with Gasteiger partial charge in [0.2, 0.25) is 0 Å². The zero-order valence-electron chi connectivity index (χ0n) is 10.3. The van der Waals surface area contributed by atoms with Crippen LogP contribution in [-0.4, -0.2) is 39.0 Å². The zero-order chi connectivity index (χ0) is 12.5. The SMILES string of the molecule is CC1CN(Cc2nc(N)c3ccsc3n2)CCS1. The van der Waals surface area contributed by atoms with Crippen LogP contribution in [0.1, 0.15) is 12.7 Å². The van der Waals surface area contributed by atoms with Crippen LogP contribution in [0.25, 0.3) is 10.2 Å². The van der Waals surface area contributed by atoms with Gasteiger partial charge < -0.3 is 5.73 Å². The summed E-state index contributed by atoms with van der Waals surface area (Å²) in [6, 6.07) is 1.98. The normalized spacial score (nSPS) is 21.5. The Bertz CT molecular complexity index is 554. The molecule has 1 saturated heterocycles. The fourth-order valence-electron chi connectivity index (χ4n) is 2.23. The molecule has 0 aromatic carbocycles. The lowest BCUT2D eigenvalue weighted by molar-refractivity contribution is 0.272. The molecular formula is C12H16N4S2. The van der Waals surface area contributed by atoms with Crippen LogP contribution in [0.15, 0.2) is 11.4 Å². The monoisotopic (exact) mass is 280 g/mol. The van der Waals surface area contributed by atoms with E-state index < -0.39 is 0 Å². The van der Waals surface area contributed by atoms with E-state index in [1.807, 2.05) is 23.2 Å². The Balaban J connectivity index is 1.81. The Hall–Kier alpha value is -0.850. The van der Waals surface area contributed by atoms with Gasteiger partial charge in [-0.3, -0.25) is 4.90 Å². The quantitative estimate of drug-likeness (QED) is 0.914. The maximum atomic E-state index is 5.97. The van der Waals surface area contributed by atoms with E-state index in [9.17, 15) is 0 Å². The number of thiophene rings is 1. The molecule has 0 aliphatic carbocycles. The number of thioether (sulfide) groups is 1. The highest BCUT2D eigenvalue weighted by Gasteiger charge is 2.18. The second kappa shape index (κ2) is 5.03. The molecule has 3 rings (SSSR count). The predicted octanol–water partition coefficient (Wildman–Crippen LogP) is 2.21. The number of nitrogen functional groups attached to an aromatic ring is 1. The Labute approximate surface area is 115 Å². The number of aromatic nitrogens is 2. The van der Waals surface area contributed by atoms with E-state index in [4.69, 9.17) is 5.73 Å². The van der Waals surface area contributed by atoms with Crippen LogP contribution < -0.4 is 5.73 Å². The minimum Gasteiger partial charge on any atom is -0.383 e. The second-order valence-electron chi connectivity index (χ2n) is 4.58. The average molecular weight is 280 g/mol. The maximum absolute atomic E-state index is 5.97. The molecule has 6 heteroatoms. The molecule has 0 radical (unpaired) electrons. The molecule has 0 amide bonds. The van der Waals surface area contributed by atoms with E-state index in [1.165, 1.54) is 5.75 Å². The van der Waals surface area contributed by atoms with Crippen molar-refractivity contribution in [1.82, 2.24) is 14.9 Å². The first-order valence-corrected chi connectivity index (χ1v) is 7.99. The molecule has 1 atom stereocenters. The molecular weight excluding hydrogens is 264 g/mol. The molecule has 0 saturated carbocycles. The molecule has 0 spiro atoms. The molecule has 1 aliphatic rings. The molecule has 96 valence electrons. The highest BCUT2D eigenvalue weighted by atomic mass is 32.2. The molecule has 3 heterocycles. The van der Waals surface area contributed by atoms with Crippen LogP contribution in [0.5, 0.6) is 0 Å². The van der Waals surface area contributed by atoms with Gasteiger partial charge in [-0.2, -0.15) is 11.8 Å². The molecule has 1 unspecified atom stereocenters. The summed E-state index contributed by atoms with van der Waals surface area (Å²) in [5.41, 5.74) is 5.97. The van der Waals surface area contributed by atoms with Gasteiger partial charge in [0.05, 0.1) is 11.9 Å². The van der Waals surface area contributed by atoms with E-state index in [0.717, 1.165) is 35.7 Å². The van der Waals surface area contributed by atoms with Gasteiger partial charge in [0.25, 0.3) is 0 Å². The zero-order valence-corrected chi connectivity index (χ0v) is 11.9. The lowest BCUT2D eigenvalue weighted by Gasteiger charge is -2.29. The third-order valence-electron chi connectivity index (χ3n) is 3.09. The Morgan fingerprint density at radius 1 is 1.50 bits per heavy atom. The molecule has 0 bridgehead atoms. The molecule has 18 heavy (non-hydrogen) atoms. The largest absolute Gasteiger partial charge is 0.383 e. The van der Waals surface area contributed by atoms with Gasteiger partial charge in [-0.15, -0.1) is 11.3 Å². The van der Waals surface area contributed by atoms with E-state index in [0.29, 0.717) is 11.1 Å². The second-order valence-corrected chi connectivity index (χ2v) is 7.02. The summed E-state index contributed by atoms with van der Waals surface area (Å²) in [4.78, 5) is 12.4. The smallest absolute Gasteiger partial charge is 0.146 e. The number of hydrogen-bond donors (Lipinski definition) is 1. The summed E-state index contributed by atoms with van der Waals surface area (Å²) in [7, 11) is 0. The van der Waals surface area contributed by atoms with Crippen LogP contribution in [0.2, 0.25) is 0 Å². The summed E-state index contributed by atoms with van der Waals surface area (Å²) >= 11 is 3.66. The number of anilines is 1. The van der Waals surface area contributed by atoms with Crippen molar-refractivity contribution >= 4 is 39.1 Å². The van der Waals surface area contributed by atoms with Crippen LogP contribution in [-0.2, 0) is 6.54 Å². The van der Waals surface area contributed by atoms with Crippen molar-refractivity contribution in [3.05, 3.63) is 17.3 Å². The molecule has 1 fully saturated rings. The first kappa shape index (κ1) is 12.2. The topological polar surface area (TPSA) is 55.0 Å². The van der Waals surface area contributed by atoms with E-state index >= 15 is 0 Å². The lowest BCUT2D eigenvalue weighted by Crippen LogP contribution is -2.36. The van der Waals surface area contributed by atoms with Crippen LogP contribution in [0.3, 0.4) is 0 Å². The molecule has 2 aromatic rings. The van der Waals surface area contributed by atoms with E-state index in [2.05, 4.69) is 21.8 Å². The molecule has 1 aliphatic heterocycles. The predicted molar refractivity (Wildman–Crippen MR) is 79.0 cm³/mol. The molecule has 4 nitrogen and oxygen atoms in total. The van der Waals surface area contributed by atoms with Crippen LogP contribution >= 0.6 is 23.1 Å².